The lowest BCUT2D eigenvalue weighted by atomic mass is 10.2. The summed E-state index contributed by atoms with van der Waals surface area (Å²) in [4.78, 5) is 0. The van der Waals surface area contributed by atoms with Gasteiger partial charge in [0.2, 0.25) is 0 Å². The van der Waals surface area contributed by atoms with E-state index in [9.17, 15) is 0 Å². The van der Waals surface area contributed by atoms with Gasteiger partial charge < -0.3 is 19.3 Å². The van der Waals surface area contributed by atoms with Crippen LogP contribution in [0, 0.1) is 0 Å². The van der Waals surface area contributed by atoms with Gasteiger partial charge in [-0.25, -0.2) is 0 Å². The summed E-state index contributed by atoms with van der Waals surface area (Å²) in [6.07, 6.45) is 0.0298. The van der Waals surface area contributed by atoms with Crippen LogP contribution in [0.5, 0.6) is 11.5 Å². The molecule has 1 aromatic rings. The number of ether oxygens (including phenoxy) is 3. The molecule has 0 aliphatic rings. The van der Waals surface area contributed by atoms with Crippen LogP contribution >= 0.6 is 0 Å². The third kappa shape index (κ3) is 3.40. The van der Waals surface area contributed by atoms with E-state index in [1.807, 2.05) is 6.92 Å². The van der Waals surface area contributed by atoms with Gasteiger partial charge in [0.05, 0.1) is 19.8 Å². The van der Waals surface area contributed by atoms with Crippen molar-refractivity contribution in [3.8, 4) is 11.5 Å². The molecule has 0 amide bonds. The van der Waals surface area contributed by atoms with E-state index in [1.54, 1.807) is 32.4 Å². The summed E-state index contributed by atoms with van der Waals surface area (Å²) in [5.74, 6) is 1.28. The molecule has 0 spiro atoms. The first-order valence-corrected chi connectivity index (χ1v) is 5.14. The van der Waals surface area contributed by atoms with Gasteiger partial charge in [0.15, 0.2) is 11.5 Å². The number of rotatable bonds is 6. The minimum absolute atomic E-state index is 0.00882. The molecule has 4 nitrogen and oxygen atoms in total. The highest BCUT2D eigenvalue weighted by molar-refractivity contribution is 5.42. The van der Waals surface area contributed by atoms with E-state index in [1.165, 1.54) is 0 Å². The van der Waals surface area contributed by atoms with Crippen molar-refractivity contribution < 1.29 is 19.3 Å². The molecule has 16 heavy (non-hydrogen) atoms. The smallest absolute Gasteiger partial charge is 0.161 e. The van der Waals surface area contributed by atoms with Crippen molar-refractivity contribution in [2.75, 3.05) is 20.8 Å². The summed E-state index contributed by atoms with van der Waals surface area (Å²) in [6.45, 7) is 2.38. The molecule has 1 atom stereocenters. The Kier molecular flexibility index (Phi) is 5.08. The minimum Gasteiger partial charge on any atom is -0.493 e. The summed E-state index contributed by atoms with van der Waals surface area (Å²) in [5, 5.41) is 8.99. The van der Waals surface area contributed by atoms with Crippen LogP contribution in [-0.2, 0) is 11.3 Å². The standard InChI is InChI=1S/C12H18O4/c1-9(14-2)8-16-11-5-4-10(7-13)6-12(11)15-3/h4-6,9,13H,7-8H2,1-3H3. The van der Waals surface area contributed by atoms with E-state index in [0.717, 1.165) is 5.56 Å². The number of aliphatic hydroxyl groups excluding tert-OH is 1. The van der Waals surface area contributed by atoms with Crippen molar-refractivity contribution in [3.05, 3.63) is 23.8 Å². The highest BCUT2D eigenvalue weighted by atomic mass is 16.5. The number of hydrogen-bond donors (Lipinski definition) is 1. The SMILES string of the molecule is COc1cc(CO)ccc1OCC(C)OC. The fraction of sp³-hybridized carbons (Fsp3) is 0.500. The fourth-order valence-electron chi connectivity index (χ4n) is 1.20. The van der Waals surface area contributed by atoms with E-state index in [0.29, 0.717) is 18.1 Å². The van der Waals surface area contributed by atoms with Crippen LogP contribution in [-0.4, -0.2) is 32.0 Å². The zero-order valence-corrected chi connectivity index (χ0v) is 9.90. The van der Waals surface area contributed by atoms with Crippen LogP contribution in [0.4, 0.5) is 0 Å². The number of benzene rings is 1. The predicted octanol–water partition coefficient (Wildman–Crippen LogP) is 1.60. The largest absolute Gasteiger partial charge is 0.493 e. The van der Waals surface area contributed by atoms with Crippen molar-refractivity contribution in [2.45, 2.75) is 19.6 Å². The lowest BCUT2D eigenvalue weighted by Crippen LogP contribution is -2.16. The quantitative estimate of drug-likeness (QED) is 0.800. The second-order valence-electron chi connectivity index (χ2n) is 3.50. The van der Waals surface area contributed by atoms with Gasteiger partial charge in [-0.3, -0.25) is 0 Å². The van der Waals surface area contributed by atoms with Crippen LogP contribution in [0.1, 0.15) is 12.5 Å². The topological polar surface area (TPSA) is 47.9 Å². The van der Waals surface area contributed by atoms with Crippen molar-refractivity contribution in [1.29, 1.82) is 0 Å². The molecule has 90 valence electrons. The zero-order valence-electron chi connectivity index (χ0n) is 9.90. The second kappa shape index (κ2) is 6.35. The van der Waals surface area contributed by atoms with Gasteiger partial charge >= 0.3 is 0 Å². The first kappa shape index (κ1) is 12.8. The van der Waals surface area contributed by atoms with E-state index >= 15 is 0 Å². The second-order valence-corrected chi connectivity index (χ2v) is 3.50. The molecule has 0 bridgehead atoms. The lowest BCUT2D eigenvalue weighted by molar-refractivity contribution is 0.0706. The molecule has 0 heterocycles. The third-order valence-electron chi connectivity index (χ3n) is 2.29. The Morgan fingerprint density at radius 2 is 2.00 bits per heavy atom. The molecule has 0 saturated carbocycles. The van der Waals surface area contributed by atoms with Gasteiger partial charge in [-0.15, -0.1) is 0 Å². The van der Waals surface area contributed by atoms with Crippen molar-refractivity contribution >= 4 is 0 Å². The normalized spacial score (nSPS) is 12.2. The molecular weight excluding hydrogens is 208 g/mol. The highest BCUT2D eigenvalue weighted by Gasteiger charge is 2.07. The molecule has 0 fully saturated rings. The van der Waals surface area contributed by atoms with Crippen LogP contribution in [0.25, 0.3) is 0 Å². The number of hydrogen-bond acceptors (Lipinski definition) is 4. The van der Waals surface area contributed by atoms with Gasteiger partial charge in [0.25, 0.3) is 0 Å². The summed E-state index contributed by atoms with van der Waals surface area (Å²) in [7, 11) is 3.21. The molecule has 1 unspecified atom stereocenters. The average molecular weight is 226 g/mol. The summed E-state index contributed by atoms with van der Waals surface area (Å²) >= 11 is 0. The van der Waals surface area contributed by atoms with Crippen LogP contribution < -0.4 is 9.47 Å². The molecule has 1 rings (SSSR count). The van der Waals surface area contributed by atoms with Gasteiger partial charge in [-0.05, 0) is 24.6 Å². The Bertz CT molecular complexity index is 325. The van der Waals surface area contributed by atoms with Crippen molar-refractivity contribution in [3.63, 3.8) is 0 Å². The van der Waals surface area contributed by atoms with E-state index in [4.69, 9.17) is 19.3 Å². The van der Waals surface area contributed by atoms with Gasteiger partial charge in [0.1, 0.15) is 6.61 Å². The molecule has 4 heteroatoms. The Hall–Kier alpha value is -1.26. The highest BCUT2D eigenvalue weighted by Crippen LogP contribution is 2.28. The molecule has 1 aromatic carbocycles. The third-order valence-corrected chi connectivity index (χ3v) is 2.29. The monoisotopic (exact) mass is 226 g/mol. The molecule has 0 saturated heterocycles. The Morgan fingerprint density at radius 1 is 1.25 bits per heavy atom. The minimum atomic E-state index is -0.00882. The van der Waals surface area contributed by atoms with E-state index in [2.05, 4.69) is 0 Å². The Morgan fingerprint density at radius 3 is 2.56 bits per heavy atom. The maximum Gasteiger partial charge on any atom is 0.161 e. The van der Waals surface area contributed by atoms with Crippen LogP contribution in [0.15, 0.2) is 18.2 Å². The maximum atomic E-state index is 8.99. The van der Waals surface area contributed by atoms with Gasteiger partial charge in [-0.1, -0.05) is 6.07 Å². The lowest BCUT2D eigenvalue weighted by Gasteiger charge is -2.14. The number of aliphatic hydroxyl groups is 1. The van der Waals surface area contributed by atoms with Crippen LogP contribution in [0.3, 0.4) is 0 Å². The first-order valence-electron chi connectivity index (χ1n) is 5.14. The van der Waals surface area contributed by atoms with Gasteiger partial charge in [-0.2, -0.15) is 0 Å². The average Bonchev–Trinajstić information content (AvgIpc) is 2.35. The molecule has 0 radical (unpaired) electrons. The predicted molar refractivity (Wildman–Crippen MR) is 60.9 cm³/mol. The summed E-state index contributed by atoms with van der Waals surface area (Å²) in [5.41, 5.74) is 0.795. The molecule has 0 aliphatic carbocycles. The van der Waals surface area contributed by atoms with Crippen molar-refractivity contribution in [2.24, 2.45) is 0 Å². The van der Waals surface area contributed by atoms with E-state index < -0.39 is 0 Å². The summed E-state index contributed by atoms with van der Waals surface area (Å²) < 4.78 is 15.8. The van der Waals surface area contributed by atoms with Crippen molar-refractivity contribution in [1.82, 2.24) is 0 Å². The first-order chi connectivity index (χ1) is 7.71. The zero-order chi connectivity index (χ0) is 12.0. The molecule has 1 N–H and O–H groups in total. The fourth-order valence-corrected chi connectivity index (χ4v) is 1.20. The number of methoxy groups -OCH3 is 2. The Balaban J connectivity index is 2.71. The molecular formula is C12H18O4. The Labute approximate surface area is 95.8 Å². The van der Waals surface area contributed by atoms with E-state index in [-0.39, 0.29) is 12.7 Å². The molecule has 0 aromatic heterocycles. The maximum absolute atomic E-state index is 8.99. The molecule has 0 aliphatic heterocycles. The summed E-state index contributed by atoms with van der Waals surface area (Å²) in [6, 6.07) is 5.34. The van der Waals surface area contributed by atoms with Crippen LogP contribution in [0.2, 0.25) is 0 Å². The van der Waals surface area contributed by atoms with Gasteiger partial charge in [0, 0.05) is 7.11 Å².